The third-order valence-electron chi connectivity index (χ3n) is 4.09. The quantitative estimate of drug-likeness (QED) is 0.813. The standard InChI is InChI=1S/C19H27N3O/c1-16(19-11-7-8-12-20-19)22(3)15-18(23)14-21(2)13-17-9-5-4-6-10-17/h4-12,16,18,23H,13-15H2,1-3H3. The first-order valence-electron chi connectivity index (χ1n) is 8.08. The first-order chi connectivity index (χ1) is 11.1. The molecule has 0 fully saturated rings. The fourth-order valence-corrected chi connectivity index (χ4v) is 2.72. The molecule has 0 saturated carbocycles. The average molecular weight is 313 g/mol. The summed E-state index contributed by atoms with van der Waals surface area (Å²) in [6, 6.07) is 16.5. The second-order valence-corrected chi connectivity index (χ2v) is 6.21. The predicted octanol–water partition coefficient (Wildman–Crippen LogP) is 2.57. The number of likely N-dealkylation sites (N-methyl/N-ethyl adjacent to an activating group) is 2. The van der Waals surface area contributed by atoms with Crippen molar-refractivity contribution in [2.24, 2.45) is 0 Å². The monoisotopic (exact) mass is 313 g/mol. The molecule has 0 spiro atoms. The molecule has 2 atom stereocenters. The molecule has 0 saturated heterocycles. The van der Waals surface area contributed by atoms with Gasteiger partial charge in [-0.1, -0.05) is 36.4 Å². The maximum Gasteiger partial charge on any atom is 0.0793 e. The smallest absolute Gasteiger partial charge is 0.0793 e. The Morgan fingerprint density at radius 2 is 1.70 bits per heavy atom. The number of aliphatic hydroxyl groups is 1. The van der Waals surface area contributed by atoms with Crippen LogP contribution in [0.15, 0.2) is 54.7 Å². The van der Waals surface area contributed by atoms with Crippen LogP contribution in [-0.2, 0) is 6.54 Å². The zero-order valence-electron chi connectivity index (χ0n) is 14.3. The van der Waals surface area contributed by atoms with Crippen LogP contribution in [0.1, 0.15) is 24.2 Å². The van der Waals surface area contributed by atoms with Gasteiger partial charge in [-0.25, -0.2) is 0 Å². The Morgan fingerprint density at radius 1 is 1.00 bits per heavy atom. The molecule has 0 aliphatic rings. The van der Waals surface area contributed by atoms with Crippen molar-refractivity contribution in [3.05, 3.63) is 66.0 Å². The van der Waals surface area contributed by atoms with Crippen molar-refractivity contribution in [1.82, 2.24) is 14.8 Å². The third-order valence-corrected chi connectivity index (χ3v) is 4.09. The van der Waals surface area contributed by atoms with Gasteiger partial charge in [0.15, 0.2) is 0 Å². The Balaban J connectivity index is 1.80. The van der Waals surface area contributed by atoms with E-state index in [0.29, 0.717) is 13.1 Å². The summed E-state index contributed by atoms with van der Waals surface area (Å²) in [6.07, 6.45) is 1.42. The number of pyridine rings is 1. The number of rotatable bonds is 8. The number of aromatic nitrogens is 1. The van der Waals surface area contributed by atoms with Crippen molar-refractivity contribution in [2.75, 3.05) is 27.2 Å². The van der Waals surface area contributed by atoms with Crippen LogP contribution in [0.3, 0.4) is 0 Å². The highest BCUT2D eigenvalue weighted by molar-refractivity contribution is 5.14. The van der Waals surface area contributed by atoms with E-state index in [2.05, 4.69) is 33.8 Å². The molecule has 0 aliphatic heterocycles. The van der Waals surface area contributed by atoms with E-state index in [-0.39, 0.29) is 12.1 Å². The van der Waals surface area contributed by atoms with Gasteiger partial charge in [-0.05, 0) is 38.7 Å². The van der Waals surface area contributed by atoms with E-state index in [4.69, 9.17) is 0 Å². The maximum absolute atomic E-state index is 10.4. The molecule has 0 amide bonds. The van der Waals surface area contributed by atoms with Gasteiger partial charge in [0, 0.05) is 31.9 Å². The van der Waals surface area contributed by atoms with E-state index in [1.165, 1.54) is 5.56 Å². The molecular formula is C19H27N3O. The van der Waals surface area contributed by atoms with E-state index in [0.717, 1.165) is 12.2 Å². The minimum atomic E-state index is -0.389. The van der Waals surface area contributed by atoms with Crippen LogP contribution < -0.4 is 0 Å². The molecule has 2 aromatic rings. The summed E-state index contributed by atoms with van der Waals surface area (Å²) in [5.74, 6) is 0. The summed E-state index contributed by atoms with van der Waals surface area (Å²) in [5, 5.41) is 10.4. The molecule has 0 radical (unpaired) electrons. The van der Waals surface area contributed by atoms with Gasteiger partial charge in [0.2, 0.25) is 0 Å². The van der Waals surface area contributed by atoms with E-state index < -0.39 is 0 Å². The third kappa shape index (κ3) is 5.75. The molecule has 0 bridgehead atoms. The summed E-state index contributed by atoms with van der Waals surface area (Å²) >= 11 is 0. The second kappa shape index (κ2) is 8.77. The van der Waals surface area contributed by atoms with Crippen LogP contribution in [0.5, 0.6) is 0 Å². The highest BCUT2D eigenvalue weighted by Crippen LogP contribution is 2.16. The van der Waals surface area contributed by atoms with Gasteiger partial charge in [-0.2, -0.15) is 0 Å². The van der Waals surface area contributed by atoms with Gasteiger partial charge in [0.05, 0.1) is 11.8 Å². The average Bonchev–Trinajstić information content (AvgIpc) is 2.55. The van der Waals surface area contributed by atoms with E-state index in [1.807, 2.05) is 56.7 Å². The summed E-state index contributed by atoms with van der Waals surface area (Å²) in [4.78, 5) is 8.68. The van der Waals surface area contributed by atoms with Crippen LogP contribution in [-0.4, -0.2) is 53.2 Å². The lowest BCUT2D eigenvalue weighted by molar-refractivity contribution is 0.0761. The van der Waals surface area contributed by atoms with Gasteiger partial charge < -0.3 is 5.11 Å². The fraction of sp³-hybridized carbons (Fsp3) is 0.421. The number of nitrogens with zero attached hydrogens (tertiary/aromatic N) is 3. The van der Waals surface area contributed by atoms with Gasteiger partial charge >= 0.3 is 0 Å². The Morgan fingerprint density at radius 3 is 2.35 bits per heavy atom. The largest absolute Gasteiger partial charge is 0.390 e. The van der Waals surface area contributed by atoms with Gasteiger partial charge in [-0.15, -0.1) is 0 Å². The molecule has 1 aromatic carbocycles. The lowest BCUT2D eigenvalue weighted by atomic mass is 10.1. The predicted molar refractivity (Wildman–Crippen MR) is 94.1 cm³/mol. The van der Waals surface area contributed by atoms with Gasteiger partial charge in [0.1, 0.15) is 0 Å². The van der Waals surface area contributed by atoms with E-state index >= 15 is 0 Å². The van der Waals surface area contributed by atoms with Crippen molar-refractivity contribution >= 4 is 0 Å². The molecule has 1 N–H and O–H groups in total. The van der Waals surface area contributed by atoms with Crippen molar-refractivity contribution < 1.29 is 5.11 Å². The normalized spacial score (nSPS) is 14.2. The Kier molecular flexibility index (Phi) is 6.71. The SMILES string of the molecule is CC(c1ccccn1)N(C)CC(O)CN(C)Cc1ccccc1. The minimum Gasteiger partial charge on any atom is -0.390 e. The zero-order chi connectivity index (χ0) is 16.7. The maximum atomic E-state index is 10.4. The van der Waals surface area contributed by atoms with Crippen LogP contribution >= 0.6 is 0 Å². The summed E-state index contributed by atoms with van der Waals surface area (Å²) < 4.78 is 0. The van der Waals surface area contributed by atoms with Crippen LogP contribution in [0.2, 0.25) is 0 Å². The molecule has 0 aliphatic carbocycles. The number of benzene rings is 1. The Hall–Kier alpha value is -1.75. The molecule has 4 nitrogen and oxygen atoms in total. The molecular weight excluding hydrogens is 286 g/mol. The van der Waals surface area contributed by atoms with Crippen molar-refractivity contribution in [3.63, 3.8) is 0 Å². The first kappa shape index (κ1) is 17.6. The zero-order valence-corrected chi connectivity index (χ0v) is 14.3. The van der Waals surface area contributed by atoms with Crippen LogP contribution in [0, 0.1) is 0 Å². The summed E-state index contributed by atoms with van der Waals surface area (Å²) in [7, 11) is 4.07. The van der Waals surface area contributed by atoms with Crippen molar-refractivity contribution in [2.45, 2.75) is 25.6 Å². The molecule has 2 unspecified atom stereocenters. The first-order valence-corrected chi connectivity index (χ1v) is 8.08. The number of hydrogen-bond acceptors (Lipinski definition) is 4. The summed E-state index contributed by atoms with van der Waals surface area (Å²) in [5.41, 5.74) is 2.29. The minimum absolute atomic E-state index is 0.185. The van der Waals surface area contributed by atoms with E-state index in [1.54, 1.807) is 0 Å². The van der Waals surface area contributed by atoms with Crippen LogP contribution in [0.25, 0.3) is 0 Å². The lowest BCUT2D eigenvalue weighted by Crippen LogP contribution is -2.38. The molecule has 23 heavy (non-hydrogen) atoms. The van der Waals surface area contributed by atoms with Crippen molar-refractivity contribution in [1.29, 1.82) is 0 Å². The summed E-state index contributed by atoms with van der Waals surface area (Å²) in [6.45, 7) is 4.23. The fourth-order valence-electron chi connectivity index (χ4n) is 2.72. The molecule has 124 valence electrons. The molecule has 4 heteroatoms. The highest BCUT2D eigenvalue weighted by Gasteiger charge is 2.17. The molecule has 2 rings (SSSR count). The van der Waals surface area contributed by atoms with Gasteiger partial charge in [0.25, 0.3) is 0 Å². The second-order valence-electron chi connectivity index (χ2n) is 6.21. The number of hydrogen-bond donors (Lipinski definition) is 1. The van der Waals surface area contributed by atoms with Crippen molar-refractivity contribution in [3.8, 4) is 0 Å². The van der Waals surface area contributed by atoms with Crippen LogP contribution in [0.4, 0.5) is 0 Å². The Labute approximate surface area is 139 Å². The highest BCUT2D eigenvalue weighted by atomic mass is 16.3. The lowest BCUT2D eigenvalue weighted by Gasteiger charge is -2.28. The van der Waals surface area contributed by atoms with Gasteiger partial charge in [-0.3, -0.25) is 14.8 Å². The number of aliphatic hydroxyl groups excluding tert-OH is 1. The van der Waals surface area contributed by atoms with E-state index in [9.17, 15) is 5.11 Å². The Bertz CT molecular complexity index is 561. The molecule has 1 heterocycles. The topological polar surface area (TPSA) is 39.6 Å². The molecule has 1 aromatic heterocycles.